The van der Waals surface area contributed by atoms with E-state index in [-0.39, 0.29) is 12.5 Å². The zero-order chi connectivity index (χ0) is 26.9. The first kappa shape index (κ1) is 25.7. The molecule has 0 saturated heterocycles. The number of aryl methyl sites for hydroxylation is 1. The topological polar surface area (TPSA) is 100 Å². The number of fused-ring (bicyclic) bond motifs is 1. The molecule has 4 saturated carbocycles. The number of benzene rings is 2. The van der Waals surface area contributed by atoms with E-state index >= 15 is 0 Å². The predicted molar refractivity (Wildman–Crippen MR) is 149 cm³/mol. The number of nitrogens with one attached hydrogen (secondary N) is 3. The van der Waals surface area contributed by atoms with Crippen LogP contribution in [0.25, 0.3) is 10.9 Å². The molecule has 0 aliphatic heterocycles. The number of rotatable bonds is 9. The van der Waals surface area contributed by atoms with E-state index in [1.165, 1.54) is 6.42 Å². The van der Waals surface area contributed by atoms with Gasteiger partial charge in [0.05, 0.1) is 6.04 Å². The van der Waals surface area contributed by atoms with E-state index in [2.05, 4.69) is 15.6 Å². The van der Waals surface area contributed by atoms with Gasteiger partial charge in [-0.25, -0.2) is 4.79 Å². The van der Waals surface area contributed by atoms with Gasteiger partial charge in [-0.3, -0.25) is 4.79 Å². The van der Waals surface area contributed by atoms with Crippen LogP contribution in [-0.4, -0.2) is 41.5 Å². The number of aldehydes is 1. The number of hydrogen-bond acceptors (Lipinski definition) is 4. The molecule has 39 heavy (non-hydrogen) atoms. The zero-order valence-corrected chi connectivity index (χ0v) is 22.4. The lowest BCUT2D eigenvalue weighted by Crippen LogP contribution is -2.54. The quantitative estimate of drug-likeness (QED) is 0.346. The van der Waals surface area contributed by atoms with Gasteiger partial charge in [0.2, 0.25) is 5.91 Å². The highest BCUT2D eigenvalue weighted by Crippen LogP contribution is 2.54. The fourth-order valence-electron chi connectivity index (χ4n) is 7.66. The summed E-state index contributed by atoms with van der Waals surface area (Å²) >= 11 is 0. The molecular weight excluding hydrogens is 490 g/mol. The minimum absolute atomic E-state index is 0.0721. The third-order valence-electron chi connectivity index (χ3n) is 9.22. The number of ether oxygens (including phenoxy) is 1. The van der Waals surface area contributed by atoms with Crippen LogP contribution in [0.3, 0.4) is 0 Å². The van der Waals surface area contributed by atoms with Gasteiger partial charge in [0.1, 0.15) is 18.4 Å². The fourth-order valence-corrected chi connectivity index (χ4v) is 7.66. The summed E-state index contributed by atoms with van der Waals surface area (Å²) in [5.74, 6) is 2.03. The van der Waals surface area contributed by atoms with Gasteiger partial charge in [-0.1, -0.05) is 48.5 Å². The van der Waals surface area contributed by atoms with Crippen molar-refractivity contribution in [3.05, 3.63) is 71.4 Å². The Bertz CT molecular complexity index is 1320. The average molecular weight is 528 g/mol. The summed E-state index contributed by atoms with van der Waals surface area (Å²) in [6, 6.07) is 15.9. The Labute approximate surface area is 229 Å². The maximum absolute atomic E-state index is 13.6. The van der Waals surface area contributed by atoms with Crippen LogP contribution in [0.15, 0.2) is 54.6 Å². The van der Waals surface area contributed by atoms with Gasteiger partial charge in [0.25, 0.3) is 0 Å². The van der Waals surface area contributed by atoms with Gasteiger partial charge in [0, 0.05) is 23.0 Å². The second-order valence-corrected chi connectivity index (χ2v) is 11.9. The minimum atomic E-state index is -0.884. The lowest BCUT2D eigenvalue weighted by molar-refractivity contribution is -0.126. The number of amides is 2. The third-order valence-corrected chi connectivity index (χ3v) is 9.22. The number of aromatic nitrogens is 1. The van der Waals surface area contributed by atoms with Crippen molar-refractivity contribution in [3.8, 4) is 0 Å². The molecule has 4 bridgehead atoms. The molecule has 3 N–H and O–H groups in total. The average Bonchev–Trinajstić information content (AvgIpc) is 3.24. The predicted octanol–water partition coefficient (Wildman–Crippen LogP) is 4.86. The molecule has 204 valence electrons. The van der Waals surface area contributed by atoms with E-state index in [0.717, 1.165) is 71.5 Å². The fraction of sp³-hybridized carbons (Fsp3) is 0.469. The standard InChI is InChI=1S/C32H37N3O4/c1-19-27(26-9-5-6-10-28(26)33-19)17-29(31(37)34-25(18-36)16-20-7-3-2-4-8-20)35-32(38)39-30-23-12-21-11-22(14-23)15-24(30)13-21/h2-10,18,21-25,29-30,33H,11-17H2,1H3,(H,34,37)(H,35,38)/t21?,22?,23?,24?,25-,29+,30?/m0/s1. The number of hydrogen-bond donors (Lipinski definition) is 3. The van der Waals surface area contributed by atoms with Crippen molar-refractivity contribution >= 4 is 29.2 Å². The van der Waals surface area contributed by atoms with E-state index < -0.39 is 24.1 Å². The highest BCUT2D eigenvalue weighted by Gasteiger charge is 2.50. The van der Waals surface area contributed by atoms with Crippen LogP contribution >= 0.6 is 0 Å². The number of alkyl carbamates (subject to hydrolysis) is 1. The molecule has 7 rings (SSSR count). The maximum atomic E-state index is 13.6. The van der Waals surface area contributed by atoms with Crippen molar-refractivity contribution in [1.82, 2.24) is 15.6 Å². The Morgan fingerprint density at radius 2 is 1.59 bits per heavy atom. The molecule has 4 aliphatic carbocycles. The van der Waals surface area contributed by atoms with Crippen molar-refractivity contribution in [2.45, 2.75) is 70.1 Å². The zero-order valence-electron chi connectivity index (χ0n) is 22.4. The Hall–Kier alpha value is -3.61. The van der Waals surface area contributed by atoms with Gasteiger partial charge in [-0.15, -0.1) is 0 Å². The largest absolute Gasteiger partial charge is 0.446 e. The second kappa shape index (κ2) is 10.9. The van der Waals surface area contributed by atoms with Gasteiger partial charge in [0.15, 0.2) is 0 Å². The summed E-state index contributed by atoms with van der Waals surface area (Å²) in [5, 5.41) is 6.78. The summed E-state index contributed by atoms with van der Waals surface area (Å²) < 4.78 is 6.06. The highest BCUT2D eigenvalue weighted by atomic mass is 16.6. The molecule has 1 heterocycles. The molecule has 4 aliphatic rings. The SMILES string of the molecule is Cc1[nH]c2ccccc2c1C[C@@H](NC(=O)OC1C2CC3CC(C2)CC1C3)C(=O)N[C@H](C=O)Cc1ccccc1. The van der Waals surface area contributed by atoms with Gasteiger partial charge >= 0.3 is 6.09 Å². The summed E-state index contributed by atoms with van der Waals surface area (Å²) in [6.45, 7) is 1.97. The Kier molecular flexibility index (Phi) is 7.15. The van der Waals surface area contributed by atoms with Crippen LogP contribution in [0.1, 0.15) is 48.9 Å². The van der Waals surface area contributed by atoms with Crippen LogP contribution in [0.2, 0.25) is 0 Å². The lowest BCUT2D eigenvalue weighted by atomic mass is 9.55. The Morgan fingerprint density at radius 1 is 0.923 bits per heavy atom. The number of para-hydroxylation sites is 1. The highest BCUT2D eigenvalue weighted by molar-refractivity contribution is 5.90. The maximum Gasteiger partial charge on any atom is 0.408 e. The van der Waals surface area contributed by atoms with Crippen LogP contribution in [0, 0.1) is 30.6 Å². The molecule has 3 aromatic rings. The van der Waals surface area contributed by atoms with Crippen molar-refractivity contribution in [1.29, 1.82) is 0 Å². The number of carbonyl (C=O) groups excluding carboxylic acids is 3. The Balaban J connectivity index is 1.19. The number of H-pyrrole nitrogens is 1. The molecule has 1 aromatic heterocycles. The lowest BCUT2D eigenvalue weighted by Gasteiger charge is -2.53. The summed E-state index contributed by atoms with van der Waals surface area (Å²) in [6.07, 6.45) is 6.71. The van der Waals surface area contributed by atoms with Crippen molar-refractivity contribution in [2.75, 3.05) is 0 Å². The van der Waals surface area contributed by atoms with Gasteiger partial charge < -0.3 is 25.1 Å². The van der Waals surface area contributed by atoms with Crippen LogP contribution in [0.4, 0.5) is 4.79 Å². The molecule has 2 amide bonds. The van der Waals surface area contributed by atoms with Crippen LogP contribution in [0.5, 0.6) is 0 Å². The molecule has 2 atom stereocenters. The number of carbonyl (C=O) groups is 3. The minimum Gasteiger partial charge on any atom is -0.446 e. The van der Waals surface area contributed by atoms with E-state index in [4.69, 9.17) is 4.74 Å². The van der Waals surface area contributed by atoms with E-state index in [1.54, 1.807) is 0 Å². The van der Waals surface area contributed by atoms with E-state index in [1.807, 2.05) is 61.5 Å². The molecule has 4 fully saturated rings. The van der Waals surface area contributed by atoms with Crippen LogP contribution < -0.4 is 10.6 Å². The number of aromatic amines is 1. The van der Waals surface area contributed by atoms with Crippen molar-refractivity contribution in [3.63, 3.8) is 0 Å². The summed E-state index contributed by atoms with van der Waals surface area (Å²) in [4.78, 5) is 42.2. The van der Waals surface area contributed by atoms with Gasteiger partial charge in [-0.05, 0) is 86.3 Å². The molecular formula is C32H37N3O4. The molecule has 0 spiro atoms. The van der Waals surface area contributed by atoms with E-state index in [9.17, 15) is 14.4 Å². The molecule has 0 radical (unpaired) electrons. The first-order valence-electron chi connectivity index (χ1n) is 14.3. The third kappa shape index (κ3) is 5.45. The van der Waals surface area contributed by atoms with Crippen molar-refractivity contribution < 1.29 is 19.1 Å². The first-order valence-corrected chi connectivity index (χ1v) is 14.3. The first-order chi connectivity index (χ1) is 19.0. The molecule has 7 heteroatoms. The van der Waals surface area contributed by atoms with Crippen molar-refractivity contribution in [2.24, 2.45) is 23.7 Å². The monoisotopic (exact) mass is 527 g/mol. The Morgan fingerprint density at radius 3 is 2.28 bits per heavy atom. The normalized spacial score (nSPS) is 26.6. The van der Waals surface area contributed by atoms with Crippen LogP contribution in [-0.2, 0) is 27.2 Å². The molecule has 2 aromatic carbocycles. The summed E-state index contributed by atoms with van der Waals surface area (Å²) in [7, 11) is 0. The van der Waals surface area contributed by atoms with Gasteiger partial charge in [-0.2, -0.15) is 0 Å². The second-order valence-electron chi connectivity index (χ2n) is 11.9. The smallest absolute Gasteiger partial charge is 0.408 e. The summed E-state index contributed by atoms with van der Waals surface area (Å²) in [5.41, 5.74) is 3.84. The molecule has 7 nitrogen and oxygen atoms in total. The molecule has 0 unspecified atom stereocenters. The van der Waals surface area contributed by atoms with E-state index in [0.29, 0.717) is 18.3 Å².